The van der Waals surface area contributed by atoms with Gasteiger partial charge in [0.05, 0.1) is 18.0 Å². The number of nitrogens with one attached hydrogen (secondary N) is 1. The number of anilines is 2. The van der Waals surface area contributed by atoms with Gasteiger partial charge in [-0.1, -0.05) is 11.3 Å². The Morgan fingerprint density at radius 2 is 2.19 bits per heavy atom. The zero-order valence-corrected chi connectivity index (χ0v) is 13.0. The second kappa shape index (κ2) is 5.86. The number of thiazole rings is 1. The zero-order valence-electron chi connectivity index (χ0n) is 11.4. The first kappa shape index (κ1) is 15.5. The number of ether oxygens (including phenoxy) is 1. The molecule has 0 aliphatic heterocycles. The average molecular weight is 331 g/mol. The van der Waals surface area contributed by atoms with Gasteiger partial charge < -0.3 is 10.5 Å². The summed E-state index contributed by atoms with van der Waals surface area (Å²) in [5.74, 6) is -0.573. The first-order chi connectivity index (χ1) is 9.83. The number of benzene rings is 1. The van der Waals surface area contributed by atoms with Crippen LogP contribution in [0.5, 0.6) is 5.75 Å². The fourth-order valence-electron chi connectivity index (χ4n) is 1.69. The van der Waals surface area contributed by atoms with Gasteiger partial charge in [0.25, 0.3) is 10.0 Å². The fourth-order valence-corrected chi connectivity index (χ4v) is 4.04. The van der Waals surface area contributed by atoms with Crippen molar-refractivity contribution in [2.45, 2.75) is 18.1 Å². The third-order valence-corrected chi connectivity index (χ3v) is 5.48. The molecule has 0 aliphatic rings. The van der Waals surface area contributed by atoms with Gasteiger partial charge in [0.2, 0.25) is 0 Å². The van der Waals surface area contributed by atoms with Crippen LogP contribution in [0, 0.1) is 12.7 Å². The topological polar surface area (TPSA) is 94.3 Å². The van der Waals surface area contributed by atoms with Crippen LogP contribution in [0.1, 0.15) is 12.6 Å². The van der Waals surface area contributed by atoms with Crippen molar-refractivity contribution in [1.29, 1.82) is 0 Å². The molecule has 0 fully saturated rings. The van der Waals surface area contributed by atoms with Crippen LogP contribution >= 0.6 is 11.3 Å². The lowest BCUT2D eigenvalue weighted by molar-refractivity contribution is 0.321. The van der Waals surface area contributed by atoms with Crippen molar-refractivity contribution in [3.05, 3.63) is 29.7 Å². The molecule has 6 nitrogen and oxygen atoms in total. The molecule has 0 aliphatic carbocycles. The van der Waals surface area contributed by atoms with Crippen molar-refractivity contribution in [2.24, 2.45) is 0 Å². The maximum atomic E-state index is 13.7. The summed E-state index contributed by atoms with van der Waals surface area (Å²) in [6.07, 6.45) is 0. The van der Waals surface area contributed by atoms with Crippen LogP contribution in [0.2, 0.25) is 0 Å². The predicted octanol–water partition coefficient (Wildman–Crippen LogP) is 2.37. The molecule has 0 radical (unpaired) electrons. The lowest BCUT2D eigenvalue weighted by Gasteiger charge is -2.09. The molecule has 2 aromatic rings. The molecule has 0 spiro atoms. The second-order valence-electron chi connectivity index (χ2n) is 4.11. The van der Waals surface area contributed by atoms with Gasteiger partial charge in [0.1, 0.15) is 0 Å². The predicted molar refractivity (Wildman–Crippen MR) is 79.6 cm³/mol. The Balaban J connectivity index is 2.29. The monoisotopic (exact) mass is 331 g/mol. The van der Waals surface area contributed by atoms with E-state index in [0.29, 0.717) is 12.3 Å². The molecule has 114 valence electrons. The summed E-state index contributed by atoms with van der Waals surface area (Å²) < 4.78 is 45.5. The van der Waals surface area contributed by atoms with Crippen LogP contribution in [-0.2, 0) is 10.0 Å². The minimum Gasteiger partial charge on any atom is -0.491 e. The highest BCUT2D eigenvalue weighted by Crippen LogP contribution is 2.28. The number of aromatic nitrogens is 1. The standard InChI is InChI=1S/C12H14FN3O3S2/c1-3-19-10-5-4-8(6-9(10)13)16-21(17,18)11-7(2)15-12(14)20-11/h4-6,16H,3H2,1-2H3,(H2,14,15). The number of hydrogen-bond acceptors (Lipinski definition) is 6. The maximum absolute atomic E-state index is 13.7. The molecule has 0 bridgehead atoms. The summed E-state index contributed by atoms with van der Waals surface area (Å²) >= 11 is 0.854. The van der Waals surface area contributed by atoms with Gasteiger partial charge in [-0.3, -0.25) is 4.72 Å². The average Bonchev–Trinajstić information content (AvgIpc) is 2.72. The Labute approximate surface area is 125 Å². The normalized spacial score (nSPS) is 11.4. The quantitative estimate of drug-likeness (QED) is 0.877. The number of nitrogen functional groups attached to an aromatic ring is 1. The summed E-state index contributed by atoms with van der Waals surface area (Å²) in [7, 11) is -3.85. The number of sulfonamides is 1. The lowest BCUT2D eigenvalue weighted by Crippen LogP contribution is -2.13. The largest absolute Gasteiger partial charge is 0.491 e. The third-order valence-electron chi connectivity index (χ3n) is 2.50. The van der Waals surface area contributed by atoms with E-state index in [9.17, 15) is 12.8 Å². The summed E-state index contributed by atoms with van der Waals surface area (Å²) in [6.45, 7) is 3.59. The first-order valence-electron chi connectivity index (χ1n) is 6.01. The van der Waals surface area contributed by atoms with E-state index < -0.39 is 15.8 Å². The lowest BCUT2D eigenvalue weighted by atomic mass is 10.3. The van der Waals surface area contributed by atoms with Gasteiger partial charge in [0.15, 0.2) is 20.9 Å². The molecule has 2 rings (SSSR count). The van der Waals surface area contributed by atoms with E-state index in [4.69, 9.17) is 10.5 Å². The summed E-state index contributed by atoms with van der Waals surface area (Å²) in [5.41, 5.74) is 5.89. The zero-order chi connectivity index (χ0) is 15.6. The Morgan fingerprint density at radius 3 is 2.71 bits per heavy atom. The van der Waals surface area contributed by atoms with Crippen LogP contribution < -0.4 is 15.2 Å². The van der Waals surface area contributed by atoms with Crippen LogP contribution in [-0.4, -0.2) is 20.0 Å². The molecule has 21 heavy (non-hydrogen) atoms. The van der Waals surface area contributed by atoms with Crippen molar-refractivity contribution in [2.75, 3.05) is 17.1 Å². The van der Waals surface area contributed by atoms with E-state index in [1.807, 2.05) is 0 Å². The molecule has 0 saturated heterocycles. The maximum Gasteiger partial charge on any atom is 0.273 e. The van der Waals surface area contributed by atoms with E-state index in [2.05, 4.69) is 9.71 Å². The molecule has 1 aromatic heterocycles. The molecule has 0 saturated carbocycles. The minimum atomic E-state index is -3.85. The molecule has 1 heterocycles. The fraction of sp³-hybridized carbons (Fsp3) is 0.250. The van der Waals surface area contributed by atoms with Crippen molar-refractivity contribution < 1.29 is 17.5 Å². The van der Waals surface area contributed by atoms with Crippen molar-refractivity contribution in [3.8, 4) is 5.75 Å². The van der Waals surface area contributed by atoms with Crippen LogP contribution in [0.4, 0.5) is 15.2 Å². The van der Waals surface area contributed by atoms with Crippen LogP contribution in [0.3, 0.4) is 0 Å². The molecule has 0 atom stereocenters. The number of aryl methyl sites for hydroxylation is 1. The third kappa shape index (κ3) is 3.42. The Kier molecular flexibility index (Phi) is 4.33. The van der Waals surface area contributed by atoms with Gasteiger partial charge in [-0.05, 0) is 26.0 Å². The summed E-state index contributed by atoms with van der Waals surface area (Å²) in [6, 6.07) is 3.85. The number of rotatable bonds is 5. The van der Waals surface area contributed by atoms with Gasteiger partial charge >= 0.3 is 0 Å². The van der Waals surface area contributed by atoms with E-state index in [0.717, 1.165) is 17.4 Å². The highest BCUT2D eigenvalue weighted by molar-refractivity contribution is 7.94. The SMILES string of the molecule is CCOc1ccc(NS(=O)(=O)c2sc(N)nc2C)cc1F. The minimum absolute atomic E-state index is 0.00860. The highest BCUT2D eigenvalue weighted by Gasteiger charge is 2.21. The van der Waals surface area contributed by atoms with Gasteiger partial charge in [-0.15, -0.1) is 0 Å². The Hall–Kier alpha value is -1.87. The van der Waals surface area contributed by atoms with Gasteiger partial charge in [0, 0.05) is 6.07 Å². The number of nitrogens with zero attached hydrogens (tertiary/aromatic N) is 1. The van der Waals surface area contributed by atoms with E-state index >= 15 is 0 Å². The van der Waals surface area contributed by atoms with Crippen molar-refractivity contribution >= 4 is 32.2 Å². The Bertz CT molecular complexity index is 759. The molecule has 1 aromatic carbocycles. The molecule has 0 amide bonds. The number of halogens is 1. The van der Waals surface area contributed by atoms with Crippen molar-refractivity contribution in [1.82, 2.24) is 4.98 Å². The Morgan fingerprint density at radius 1 is 1.48 bits per heavy atom. The van der Waals surface area contributed by atoms with E-state index in [-0.39, 0.29) is 20.8 Å². The number of hydrogen-bond donors (Lipinski definition) is 2. The van der Waals surface area contributed by atoms with Crippen LogP contribution in [0.25, 0.3) is 0 Å². The van der Waals surface area contributed by atoms with Gasteiger partial charge in [-0.2, -0.15) is 0 Å². The van der Waals surface area contributed by atoms with Crippen LogP contribution in [0.15, 0.2) is 22.4 Å². The van der Waals surface area contributed by atoms with Crippen molar-refractivity contribution in [3.63, 3.8) is 0 Å². The summed E-state index contributed by atoms with van der Waals surface area (Å²) in [5, 5.41) is 0.158. The highest BCUT2D eigenvalue weighted by atomic mass is 32.2. The molecule has 9 heteroatoms. The molecule has 0 unspecified atom stereocenters. The van der Waals surface area contributed by atoms with Gasteiger partial charge in [-0.25, -0.2) is 17.8 Å². The number of nitrogens with two attached hydrogens (primary N) is 1. The second-order valence-corrected chi connectivity index (χ2v) is 7.02. The molecular formula is C12H14FN3O3S2. The van der Waals surface area contributed by atoms with E-state index in [1.165, 1.54) is 12.1 Å². The molecular weight excluding hydrogens is 317 g/mol. The summed E-state index contributed by atoms with van der Waals surface area (Å²) in [4.78, 5) is 3.86. The molecule has 3 N–H and O–H groups in total. The van der Waals surface area contributed by atoms with E-state index in [1.54, 1.807) is 13.8 Å². The smallest absolute Gasteiger partial charge is 0.273 e. The first-order valence-corrected chi connectivity index (χ1v) is 8.31.